The molecule has 0 aliphatic heterocycles. The summed E-state index contributed by atoms with van der Waals surface area (Å²) in [6.45, 7) is 1.70. The first-order valence-corrected chi connectivity index (χ1v) is 9.73. The number of sulfonamides is 2. The van der Waals surface area contributed by atoms with Gasteiger partial charge in [0.05, 0.1) is 16.0 Å². The summed E-state index contributed by atoms with van der Waals surface area (Å²) >= 11 is 0. The molecule has 0 heterocycles. The van der Waals surface area contributed by atoms with Crippen LogP contribution < -0.4 is 51.4 Å². The molecule has 2 aromatic rings. The molecule has 0 spiro atoms. The average Bonchev–Trinajstić information content (AvgIpc) is 2.53. The van der Waals surface area contributed by atoms with Gasteiger partial charge in [-0.2, -0.15) is 0 Å². The molecule has 2 aromatic carbocycles. The summed E-state index contributed by atoms with van der Waals surface area (Å²) in [6.07, 6.45) is 0. The van der Waals surface area contributed by atoms with E-state index in [2.05, 4.69) is 4.13 Å². The Bertz CT molecular complexity index is 1060. The number of aryl methyl sites for hydroxylation is 1. The fourth-order valence-corrected chi connectivity index (χ4v) is 4.67. The Hall–Kier alpha value is -1.12. The Kier molecular flexibility index (Phi) is 7.90. The third-order valence-electron chi connectivity index (χ3n) is 3.21. The maximum absolute atomic E-state index is 12.3. The van der Waals surface area contributed by atoms with Gasteiger partial charge in [0.2, 0.25) is 0 Å². The zero-order valence-corrected chi connectivity index (χ0v) is 18.9. The van der Waals surface area contributed by atoms with Gasteiger partial charge < -0.3 is 14.3 Å². The van der Waals surface area contributed by atoms with Gasteiger partial charge in [-0.15, -0.1) is 0 Å². The van der Waals surface area contributed by atoms with E-state index in [1.54, 1.807) is 6.92 Å². The first-order valence-electron chi connectivity index (χ1n) is 6.85. The summed E-state index contributed by atoms with van der Waals surface area (Å²) in [5, 5.41) is 18.0. The molecule has 0 saturated heterocycles. The van der Waals surface area contributed by atoms with E-state index < -0.39 is 48.0 Å². The van der Waals surface area contributed by atoms with Gasteiger partial charge in [0.1, 0.15) is 20.0 Å². The number of carboxylic acids is 2. The first kappa shape index (κ1) is 23.9. The Morgan fingerprint density at radius 2 is 1.19 bits per heavy atom. The van der Waals surface area contributed by atoms with Crippen molar-refractivity contribution >= 4 is 32.0 Å². The minimum atomic E-state index is -4.88. The molecule has 0 amide bonds. The second-order valence-electron chi connectivity index (χ2n) is 5.19. The molecule has 0 aliphatic rings. The minimum Gasteiger partial charge on any atom is -0.478 e. The summed E-state index contributed by atoms with van der Waals surface area (Å²) in [5.41, 5.74) is -0.523. The van der Waals surface area contributed by atoms with Crippen LogP contribution in [0.15, 0.2) is 52.3 Å². The van der Waals surface area contributed by atoms with Crippen LogP contribution in [-0.2, 0) is 20.0 Å². The third kappa shape index (κ3) is 5.92. The van der Waals surface area contributed by atoms with Crippen LogP contribution in [0.5, 0.6) is 0 Å². The molecule has 27 heavy (non-hydrogen) atoms. The molecule has 0 atom stereocenters. The molecule has 2 rings (SSSR count). The summed E-state index contributed by atoms with van der Waals surface area (Å²) in [7, 11) is -9.48. The van der Waals surface area contributed by atoms with Crippen LogP contribution in [0, 0.1) is 6.92 Å². The van der Waals surface area contributed by atoms with Gasteiger partial charge in [-0.25, -0.2) is 26.4 Å². The van der Waals surface area contributed by atoms with Crippen molar-refractivity contribution in [2.45, 2.75) is 16.7 Å². The molecule has 0 radical (unpaired) electrons. The predicted molar refractivity (Wildman–Crippen MR) is 89.3 cm³/mol. The van der Waals surface area contributed by atoms with Crippen molar-refractivity contribution in [1.82, 2.24) is 0 Å². The van der Waals surface area contributed by atoms with Crippen molar-refractivity contribution in [2.75, 3.05) is 0 Å². The van der Waals surface area contributed by atoms with Crippen molar-refractivity contribution in [2.24, 2.45) is 0 Å². The van der Waals surface area contributed by atoms with Crippen LogP contribution in [0.2, 0.25) is 0 Å². The van der Waals surface area contributed by atoms with Gasteiger partial charge in [-0.05, 0) is 37.3 Å². The molecule has 2 N–H and O–H groups in total. The van der Waals surface area contributed by atoms with Crippen LogP contribution in [0.4, 0.5) is 0 Å². The molecular weight excluding hydrogens is 425 g/mol. The smallest absolute Gasteiger partial charge is 0.478 e. The quantitative estimate of drug-likeness (QED) is 0.536. The number of carboxylic acid groups (broad SMARTS) is 2. The van der Waals surface area contributed by atoms with Gasteiger partial charge >= 0.3 is 63.3 Å². The van der Waals surface area contributed by atoms with Crippen LogP contribution in [-0.4, -0.2) is 39.0 Å². The van der Waals surface area contributed by atoms with E-state index in [9.17, 15) is 26.4 Å². The molecule has 138 valence electrons. The van der Waals surface area contributed by atoms with Crippen molar-refractivity contribution < 1.29 is 88.0 Å². The van der Waals surface area contributed by atoms with E-state index in [1.807, 2.05) is 0 Å². The van der Waals surface area contributed by atoms with Crippen LogP contribution >= 0.6 is 0 Å². The Morgan fingerprint density at radius 3 is 1.59 bits per heavy atom. The molecule has 0 fully saturated rings. The van der Waals surface area contributed by atoms with Gasteiger partial charge in [-0.1, -0.05) is 17.7 Å². The van der Waals surface area contributed by atoms with Gasteiger partial charge in [0.25, 0.3) is 0 Å². The van der Waals surface area contributed by atoms with Crippen LogP contribution in [0.3, 0.4) is 0 Å². The van der Waals surface area contributed by atoms with Crippen LogP contribution in [0.1, 0.15) is 26.3 Å². The fraction of sp³-hybridized carbons (Fsp3) is 0.0667. The second-order valence-corrected chi connectivity index (χ2v) is 8.63. The summed E-state index contributed by atoms with van der Waals surface area (Å²) in [4.78, 5) is 20.9. The standard InChI is InChI=1S/C15H12NO8S2.K/c1-9-2-4-12(5-3-9)25(21,22)16-26(23,24)13-7-10(14(17)18)6-11(8-13)15(19)20;/h2-8H,1H3,(H,17,18)(H,19,20);/q-1;+1. The number of hydrogen-bond acceptors (Lipinski definition) is 6. The van der Waals surface area contributed by atoms with Crippen LogP contribution in [0.25, 0.3) is 4.13 Å². The number of carbonyl (C=O) groups is 2. The maximum Gasteiger partial charge on any atom is 1.00 e. The zero-order chi connectivity index (χ0) is 19.7. The number of aromatic carboxylic acids is 2. The predicted octanol–water partition coefficient (Wildman–Crippen LogP) is -1.15. The van der Waals surface area contributed by atoms with Crippen molar-refractivity contribution in [3.8, 4) is 0 Å². The van der Waals surface area contributed by atoms with Gasteiger partial charge in [0, 0.05) is 4.90 Å². The molecule has 0 aromatic heterocycles. The largest absolute Gasteiger partial charge is 1.00 e. The molecule has 12 heteroatoms. The molecule has 0 unspecified atom stereocenters. The van der Waals surface area contributed by atoms with Gasteiger partial charge in [0.15, 0.2) is 0 Å². The SMILES string of the molecule is Cc1ccc(S(=O)(=O)[N-]S(=O)(=O)c2cc(C(=O)O)cc(C(=O)O)c2)cc1.[K+]. The Balaban J connectivity index is 0.00000364. The number of nitrogens with zero attached hydrogens (tertiary/aromatic N) is 1. The molecule has 0 aliphatic carbocycles. The van der Waals surface area contributed by atoms with E-state index in [0.29, 0.717) is 12.1 Å². The van der Waals surface area contributed by atoms with Crippen molar-refractivity contribution in [3.05, 3.63) is 63.3 Å². The summed E-state index contributed by atoms with van der Waals surface area (Å²) < 4.78 is 51.9. The number of rotatable bonds is 6. The second kappa shape index (κ2) is 8.92. The van der Waals surface area contributed by atoms with E-state index in [0.717, 1.165) is 11.6 Å². The molecular formula is C15H12KNO8S2. The van der Waals surface area contributed by atoms with E-state index >= 15 is 0 Å². The number of benzene rings is 2. The molecule has 0 saturated carbocycles. The average molecular weight is 437 g/mol. The first-order chi connectivity index (χ1) is 11.9. The topological polar surface area (TPSA) is 157 Å². The third-order valence-corrected chi connectivity index (χ3v) is 6.48. The van der Waals surface area contributed by atoms with Crippen molar-refractivity contribution in [3.63, 3.8) is 0 Å². The van der Waals surface area contributed by atoms with E-state index in [-0.39, 0.29) is 56.3 Å². The number of hydrogen-bond donors (Lipinski definition) is 2. The van der Waals surface area contributed by atoms with E-state index in [1.165, 1.54) is 24.3 Å². The Morgan fingerprint density at radius 1 is 0.778 bits per heavy atom. The minimum absolute atomic E-state index is 0. The van der Waals surface area contributed by atoms with Crippen molar-refractivity contribution in [1.29, 1.82) is 0 Å². The monoisotopic (exact) mass is 437 g/mol. The zero-order valence-electron chi connectivity index (χ0n) is 14.1. The molecule has 0 bridgehead atoms. The fourth-order valence-electron chi connectivity index (χ4n) is 1.92. The molecule has 9 nitrogen and oxygen atoms in total. The van der Waals surface area contributed by atoms with Gasteiger partial charge in [-0.3, -0.25) is 0 Å². The summed E-state index contributed by atoms with van der Waals surface area (Å²) in [6, 6.07) is 7.25. The normalized spacial score (nSPS) is 11.4. The summed E-state index contributed by atoms with van der Waals surface area (Å²) in [5.74, 6) is -3.16. The maximum atomic E-state index is 12.3. The Labute approximate surface area is 197 Å². The van der Waals surface area contributed by atoms with E-state index in [4.69, 9.17) is 10.2 Å².